The van der Waals surface area contributed by atoms with Gasteiger partial charge in [0.2, 0.25) is 11.8 Å². The summed E-state index contributed by atoms with van der Waals surface area (Å²) in [7, 11) is -4.11. The second-order valence-corrected chi connectivity index (χ2v) is 11.6. The van der Waals surface area contributed by atoms with Crippen LogP contribution in [0.4, 0.5) is 5.69 Å². The van der Waals surface area contributed by atoms with Crippen molar-refractivity contribution < 1.29 is 22.7 Å². The van der Waals surface area contributed by atoms with E-state index in [1.807, 2.05) is 52.0 Å². The van der Waals surface area contributed by atoms with Gasteiger partial charge >= 0.3 is 0 Å². The van der Waals surface area contributed by atoms with Crippen LogP contribution in [0.1, 0.15) is 45.2 Å². The Morgan fingerprint density at radius 1 is 0.900 bits per heavy atom. The number of benzene rings is 3. The first-order chi connectivity index (χ1) is 19.1. The lowest BCUT2D eigenvalue weighted by molar-refractivity contribution is -0.139. The predicted molar refractivity (Wildman–Crippen MR) is 158 cm³/mol. The van der Waals surface area contributed by atoms with Gasteiger partial charge in [-0.3, -0.25) is 13.9 Å². The molecule has 0 aliphatic heterocycles. The van der Waals surface area contributed by atoms with E-state index in [4.69, 9.17) is 4.74 Å². The molecule has 3 aromatic rings. The number of aryl methyl sites for hydroxylation is 1. The van der Waals surface area contributed by atoms with Crippen molar-refractivity contribution in [2.75, 3.05) is 17.5 Å². The van der Waals surface area contributed by atoms with Crippen LogP contribution in [0.25, 0.3) is 0 Å². The number of ether oxygens (including phenoxy) is 1. The van der Waals surface area contributed by atoms with Crippen molar-refractivity contribution in [3.8, 4) is 5.75 Å². The minimum atomic E-state index is -4.11. The van der Waals surface area contributed by atoms with Crippen LogP contribution in [0.15, 0.2) is 83.8 Å². The quantitative estimate of drug-likeness (QED) is 0.317. The summed E-state index contributed by atoms with van der Waals surface area (Å²) in [5.74, 6) is -0.208. The fourth-order valence-corrected chi connectivity index (χ4v) is 5.50. The fraction of sp³-hybridized carbons (Fsp3) is 0.355. The Hall–Kier alpha value is -3.85. The van der Waals surface area contributed by atoms with Crippen LogP contribution in [0.3, 0.4) is 0 Å². The topological polar surface area (TPSA) is 96.0 Å². The van der Waals surface area contributed by atoms with E-state index in [9.17, 15) is 18.0 Å². The van der Waals surface area contributed by atoms with E-state index in [1.54, 1.807) is 49.4 Å². The van der Waals surface area contributed by atoms with Crippen molar-refractivity contribution in [1.29, 1.82) is 0 Å². The molecule has 0 radical (unpaired) electrons. The fourth-order valence-electron chi connectivity index (χ4n) is 4.06. The van der Waals surface area contributed by atoms with Gasteiger partial charge in [-0.2, -0.15) is 0 Å². The molecule has 0 aliphatic rings. The van der Waals surface area contributed by atoms with Gasteiger partial charge in [-0.05, 0) is 76.1 Å². The highest BCUT2D eigenvalue weighted by atomic mass is 32.2. The average molecular weight is 566 g/mol. The van der Waals surface area contributed by atoms with E-state index in [-0.39, 0.29) is 23.4 Å². The van der Waals surface area contributed by atoms with Crippen molar-refractivity contribution in [3.63, 3.8) is 0 Å². The van der Waals surface area contributed by atoms with Crippen molar-refractivity contribution in [2.24, 2.45) is 0 Å². The lowest BCUT2D eigenvalue weighted by Crippen LogP contribution is -2.52. The minimum Gasteiger partial charge on any atom is -0.494 e. The summed E-state index contributed by atoms with van der Waals surface area (Å²) >= 11 is 0. The molecule has 0 unspecified atom stereocenters. The number of nitrogens with one attached hydrogen (secondary N) is 1. The Bertz CT molecular complexity index is 1360. The molecular formula is C31H39N3O5S. The van der Waals surface area contributed by atoms with Gasteiger partial charge in [-0.1, -0.05) is 55.0 Å². The third-order valence-corrected chi connectivity index (χ3v) is 8.48. The SMILES string of the molecule is CCOc1ccc(N(CC(=O)N(Cc2ccc(C)cc2)[C@H](C)C(=O)N[C@H](C)CC)S(=O)(=O)c2ccccc2)cc1. The molecule has 3 rings (SSSR count). The number of sulfonamides is 1. The van der Waals surface area contributed by atoms with E-state index >= 15 is 0 Å². The molecule has 214 valence electrons. The molecule has 1 N–H and O–H groups in total. The number of amides is 2. The summed E-state index contributed by atoms with van der Waals surface area (Å²) in [4.78, 5) is 28.6. The van der Waals surface area contributed by atoms with Crippen LogP contribution in [0.2, 0.25) is 0 Å². The van der Waals surface area contributed by atoms with Gasteiger partial charge in [0.05, 0.1) is 17.2 Å². The van der Waals surface area contributed by atoms with Crippen LogP contribution in [0, 0.1) is 6.92 Å². The molecule has 0 aliphatic carbocycles. The Morgan fingerprint density at radius 3 is 2.10 bits per heavy atom. The Labute approximate surface area is 238 Å². The largest absolute Gasteiger partial charge is 0.494 e. The Morgan fingerprint density at radius 2 is 1.52 bits per heavy atom. The first-order valence-corrected chi connectivity index (χ1v) is 15.0. The summed E-state index contributed by atoms with van der Waals surface area (Å²) in [5.41, 5.74) is 2.22. The molecular weight excluding hydrogens is 526 g/mol. The van der Waals surface area contributed by atoms with Gasteiger partial charge in [-0.25, -0.2) is 8.42 Å². The van der Waals surface area contributed by atoms with E-state index in [0.29, 0.717) is 18.0 Å². The van der Waals surface area contributed by atoms with Crippen LogP contribution in [-0.2, 0) is 26.2 Å². The third-order valence-electron chi connectivity index (χ3n) is 6.69. The lowest BCUT2D eigenvalue weighted by atomic mass is 10.1. The number of nitrogens with zero attached hydrogens (tertiary/aromatic N) is 2. The molecule has 40 heavy (non-hydrogen) atoms. The molecule has 2 atom stereocenters. The maximum Gasteiger partial charge on any atom is 0.264 e. The van der Waals surface area contributed by atoms with Crippen LogP contribution in [-0.4, -0.2) is 50.4 Å². The highest BCUT2D eigenvalue weighted by Crippen LogP contribution is 2.26. The van der Waals surface area contributed by atoms with Gasteiger partial charge in [-0.15, -0.1) is 0 Å². The number of anilines is 1. The Kier molecular flexibility index (Phi) is 10.7. The predicted octanol–water partition coefficient (Wildman–Crippen LogP) is 4.92. The van der Waals surface area contributed by atoms with E-state index in [0.717, 1.165) is 21.9 Å². The maximum absolute atomic E-state index is 14.0. The number of carbonyl (C=O) groups excluding carboxylic acids is 2. The average Bonchev–Trinajstić information content (AvgIpc) is 2.96. The molecule has 2 amide bonds. The van der Waals surface area contributed by atoms with Gasteiger partial charge < -0.3 is 15.0 Å². The van der Waals surface area contributed by atoms with Crippen molar-refractivity contribution in [1.82, 2.24) is 10.2 Å². The minimum absolute atomic E-state index is 0.0596. The van der Waals surface area contributed by atoms with Crippen LogP contribution >= 0.6 is 0 Å². The monoisotopic (exact) mass is 565 g/mol. The molecule has 0 spiro atoms. The molecule has 0 bridgehead atoms. The zero-order valence-corrected chi connectivity index (χ0v) is 24.6. The zero-order chi connectivity index (χ0) is 29.3. The third kappa shape index (κ3) is 7.85. The summed E-state index contributed by atoms with van der Waals surface area (Å²) in [6.07, 6.45) is 0.741. The van der Waals surface area contributed by atoms with Crippen molar-refractivity contribution in [3.05, 3.63) is 90.0 Å². The van der Waals surface area contributed by atoms with Gasteiger partial charge in [0, 0.05) is 12.6 Å². The summed E-state index contributed by atoms with van der Waals surface area (Å²) in [6, 6.07) is 21.3. The maximum atomic E-state index is 14.0. The highest BCUT2D eigenvalue weighted by Gasteiger charge is 2.32. The molecule has 0 saturated carbocycles. The van der Waals surface area contributed by atoms with Crippen molar-refractivity contribution in [2.45, 2.75) is 64.6 Å². The van der Waals surface area contributed by atoms with E-state index in [2.05, 4.69) is 5.32 Å². The standard InChI is InChI=1S/C31H39N3O5S/c1-6-24(4)32-31(36)25(5)33(21-26-15-13-23(3)14-16-26)30(35)22-34(27-17-19-28(20-18-27)39-7-2)40(37,38)29-11-9-8-10-12-29/h8-20,24-25H,6-7,21-22H2,1-5H3,(H,32,36)/t24-,25-/m1/s1. The van der Waals surface area contributed by atoms with E-state index in [1.165, 1.54) is 17.0 Å². The zero-order valence-electron chi connectivity index (χ0n) is 23.8. The lowest BCUT2D eigenvalue weighted by Gasteiger charge is -2.32. The molecule has 9 heteroatoms. The normalized spacial score (nSPS) is 12.7. The summed E-state index contributed by atoms with van der Waals surface area (Å²) in [5, 5.41) is 2.94. The van der Waals surface area contributed by atoms with Gasteiger partial charge in [0.25, 0.3) is 10.0 Å². The first-order valence-electron chi connectivity index (χ1n) is 13.5. The summed E-state index contributed by atoms with van der Waals surface area (Å²) in [6.45, 7) is 9.49. The highest BCUT2D eigenvalue weighted by molar-refractivity contribution is 7.92. The second kappa shape index (κ2) is 14.0. The van der Waals surface area contributed by atoms with Crippen LogP contribution < -0.4 is 14.4 Å². The number of hydrogen-bond donors (Lipinski definition) is 1. The van der Waals surface area contributed by atoms with Gasteiger partial charge in [0.1, 0.15) is 18.3 Å². The molecule has 0 aromatic heterocycles. The summed E-state index contributed by atoms with van der Waals surface area (Å²) < 4.78 is 34.3. The number of hydrogen-bond acceptors (Lipinski definition) is 5. The Balaban J connectivity index is 2.01. The van der Waals surface area contributed by atoms with Gasteiger partial charge in [0.15, 0.2) is 0 Å². The molecule has 0 fully saturated rings. The second-order valence-electron chi connectivity index (χ2n) is 9.75. The molecule has 0 heterocycles. The van der Waals surface area contributed by atoms with Crippen molar-refractivity contribution >= 4 is 27.5 Å². The molecule has 8 nitrogen and oxygen atoms in total. The van der Waals surface area contributed by atoms with E-state index < -0.39 is 28.5 Å². The molecule has 0 saturated heterocycles. The number of carbonyl (C=O) groups is 2. The molecule has 3 aromatic carbocycles. The smallest absolute Gasteiger partial charge is 0.264 e. The van der Waals surface area contributed by atoms with Crippen LogP contribution in [0.5, 0.6) is 5.75 Å². The first kappa shape index (κ1) is 30.7. The number of rotatable bonds is 13.